The number of carbonyl (C=O) groups is 1. The SMILES string of the molecule is CC(C)Cc1c(C(=O)O)cnn1-c1ccccc1F. The van der Waals surface area contributed by atoms with Crippen LogP contribution in [-0.2, 0) is 6.42 Å². The molecule has 0 radical (unpaired) electrons. The highest BCUT2D eigenvalue weighted by Gasteiger charge is 2.19. The average Bonchev–Trinajstić information content (AvgIpc) is 2.72. The maximum atomic E-state index is 13.8. The minimum atomic E-state index is -1.04. The number of nitrogens with zero attached hydrogens (tertiary/aromatic N) is 2. The van der Waals surface area contributed by atoms with Crippen LogP contribution >= 0.6 is 0 Å². The zero-order chi connectivity index (χ0) is 14.0. The first kappa shape index (κ1) is 13.3. The lowest BCUT2D eigenvalue weighted by Crippen LogP contribution is -2.10. The molecule has 1 N–H and O–H groups in total. The van der Waals surface area contributed by atoms with Crippen LogP contribution in [0.25, 0.3) is 5.69 Å². The smallest absolute Gasteiger partial charge is 0.339 e. The van der Waals surface area contributed by atoms with E-state index in [1.807, 2.05) is 13.8 Å². The summed E-state index contributed by atoms with van der Waals surface area (Å²) in [6.45, 7) is 3.95. The Bertz CT molecular complexity index is 605. The number of carboxylic acid groups (broad SMARTS) is 1. The Labute approximate surface area is 110 Å². The van der Waals surface area contributed by atoms with Gasteiger partial charge in [-0.05, 0) is 24.5 Å². The van der Waals surface area contributed by atoms with Gasteiger partial charge in [0, 0.05) is 0 Å². The van der Waals surface area contributed by atoms with Crippen molar-refractivity contribution >= 4 is 5.97 Å². The number of benzene rings is 1. The molecule has 0 atom stereocenters. The Morgan fingerprint density at radius 3 is 2.68 bits per heavy atom. The third kappa shape index (κ3) is 2.65. The van der Waals surface area contributed by atoms with Gasteiger partial charge in [-0.25, -0.2) is 13.9 Å². The first-order valence-corrected chi connectivity index (χ1v) is 6.05. The molecule has 0 saturated carbocycles. The summed E-state index contributed by atoms with van der Waals surface area (Å²) in [7, 11) is 0. The predicted octanol–water partition coefficient (Wildman–Crippen LogP) is 2.91. The second-order valence-corrected chi connectivity index (χ2v) is 4.77. The molecule has 5 heteroatoms. The topological polar surface area (TPSA) is 55.1 Å². The summed E-state index contributed by atoms with van der Waals surface area (Å²) in [4.78, 5) is 11.2. The Hall–Kier alpha value is -2.17. The van der Waals surface area contributed by atoms with Crippen LogP contribution in [0.15, 0.2) is 30.5 Å². The van der Waals surface area contributed by atoms with Crippen LogP contribution in [0.5, 0.6) is 0 Å². The van der Waals surface area contributed by atoms with Crippen LogP contribution < -0.4 is 0 Å². The zero-order valence-corrected chi connectivity index (χ0v) is 10.8. The minimum Gasteiger partial charge on any atom is -0.478 e. The summed E-state index contributed by atoms with van der Waals surface area (Å²) in [5.41, 5.74) is 0.912. The van der Waals surface area contributed by atoms with Crippen molar-refractivity contribution in [3.05, 3.63) is 47.5 Å². The van der Waals surface area contributed by atoms with Gasteiger partial charge in [-0.3, -0.25) is 0 Å². The summed E-state index contributed by atoms with van der Waals surface area (Å²) in [5.74, 6) is -1.22. The van der Waals surface area contributed by atoms with Crippen LogP contribution in [-0.4, -0.2) is 20.9 Å². The molecule has 1 heterocycles. The quantitative estimate of drug-likeness (QED) is 0.921. The molecule has 0 spiro atoms. The molecule has 100 valence electrons. The molecule has 0 bridgehead atoms. The molecule has 1 aromatic carbocycles. The summed E-state index contributed by atoms with van der Waals surface area (Å²) in [5, 5.41) is 13.2. The largest absolute Gasteiger partial charge is 0.478 e. The number of halogens is 1. The number of hydrogen-bond donors (Lipinski definition) is 1. The third-order valence-corrected chi connectivity index (χ3v) is 2.78. The molecular formula is C14H15FN2O2. The van der Waals surface area contributed by atoms with Gasteiger partial charge in [-0.2, -0.15) is 5.10 Å². The molecule has 2 rings (SSSR count). The van der Waals surface area contributed by atoms with E-state index >= 15 is 0 Å². The lowest BCUT2D eigenvalue weighted by Gasteiger charge is -2.11. The number of rotatable bonds is 4. The van der Waals surface area contributed by atoms with Crippen LogP contribution in [0.2, 0.25) is 0 Å². The molecule has 4 nitrogen and oxygen atoms in total. The molecule has 19 heavy (non-hydrogen) atoms. The van der Waals surface area contributed by atoms with Gasteiger partial charge < -0.3 is 5.11 Å². The summed E-state index contributed by atoms with van der Waals surface area (Å²) in [6, 6.07) is 6.19. The predicted molar refractivity (Wildman–Crippen MR) is 69.0 cm³/mol. The van der Waals surface area contributed by atoms with E-state index in [2.05, 4.69) is 5.10 Å². The molecule has 0 aliphatic rings. The first-order valence-electron chi connectivity index (χ1n) is 6.05. The number of para-hydroxylation sites is 1. The fraction of sp³-hybridized carbons (Fsp3) is 0.286. The molecule has 0 saturated heterocycles. The Balaban J connectivity index is 2.58. The average molecular weight is 262 g/mol. The van der Waals surface area contributed by atoms with E-state index < -0.39 is 11.8 Å². The summed E-state index contributed by atoms with van der Waals surface area (Å²) < 4.78 is 15.2. The van der Waals surface area contributed by atoms with Crippen molar-refractivity contribution in [2.24, 2.45) is 5.92 Å². The van der Waals surface area contributed by atoms with Crippen LogP contribution in [0, 0.1) is 11.7 Å². The van der Waals surface area contributed by atoms with Crippen molar-refractivity contribution in [1.29, 1.82) is 0 Å². The normalized spacial score (nSPS) is 10.9. The minimum absolute atomic E-state index is 0.122. The fourth-order valence-corrected chi connectivity index (χ4v) is 1.97. The highest BCUT2D eigenvalue weighted by molar-refractivity contribution is 5.88. The van der Waals surface area contributed by atoms with E-state index in [1.54, 1.807) is 18.2 Å². The molecule has 0 amide bonds. The highest BCUT2D eigenvalue weighted by Crippen LogP contribution is 2.20. The number of carboxylic acids is 1. The maximum Gasteiger partial charge on any atom is 0.339 e. The van der Waals surface area contributed by atoms with Crippen molar-refractivity contribution in [3.8, 4) is 5.69 Å². The molecule has 0 unspecified atom stereocenters. The van der Waals surface area contributed by atoms with E-state index in [1.165, 1.54) is 16.9 Å². The van der Waals surface area contributed by atoms with Crippen molar-refractivity contribution in [1.82, 2.24) is 9.78 Å². The Morgan fingerprint density at radius 1 is 1.42 bits per heavy atom. The number of hydrogen-bond acceptors (Lipinski definition) is 2. The monoisotopic (exact) mass is 262 g/mol. The Morgan fingerprint density at radius 2 is 2.11 bits per heavy atom. The van der Waals surface area contributed by atoms with E-state index in [9.17, 15) is 9.18 Å². The van der Waals surface area contributed by atoms with Crippen LogP contribution in [0.4, 0.5) is 4.39 Å². The second-order valence-electron chi connectivity index (χ2n) is 4.77. The van der Waals surface area contributed by atoms with Crippen LogP contribution in [0.3, 0.4) is 0 Å². The van der Waals surface area contributed by atoms with Gasteiger partial charge in [0.15, 0.2) is 0 Å². The van der Waals surface area contributed by atoms with Crippen molar-refractivity contribution in [2.45, 2.75) is 20.3 Å². The molecule has 0 aliphatic heterocycles. The van der Waals surface area contributed by atoms with Crippen molar-refractivity contribution in [2.75, 3.05) is 0 Å². The first-order chi connectivity index (χ1) is 9.00. The second kappa shape index (κ2) is 5.22. The van der Waals surface area contributed by atoms with Gasteiger partial charge in [0.25, 0.3) is 0 Å². The Kier molecular flexibility index (Phi) is 3.64. The molecular weight excluding hydrogens is 247 g/mol. The molecule has 2 aromatic rings. The van der Waals surface area contributed by atoms with E-state index in [0.717, 1.165) is 0 Å². The van der Waals surface area contributed by atoms with Crippen molar-refractivity contribution < 1.29 is 14.3 Å². The van der Waals surface area contributed by atoms with Gasteiger partial charge in [-0.1, -0.05) is 26.0 Å². The van der Waals surface area contributed by atoms with Crippen molar-refractivity contribution in [3.63, 3.8) is 0 Å². The van der Waals surface area contributed by atoms with Gasteiger partial charge in [-0.15, -0.1) is 0 Å². The molecule has 0 fully saturated rings. The third-order valence-electron chi connectivity index (χ3n) is 2.78. The highest BCUT2D eigenvalue weighted by atomic mass is 19.1. The van der Waals surface area contributed by atoms with Gasteiger partial charge in [0.05, 0.1) is 11.9 Å². The van der Waals surface area contributed by atoms with Gasteiger partial charge >= 0.3 is 5.97 Å². The maximum absolute atomic E-state index is 13.8. The number of aromatic carboxylic acids is 1. The lowest BCUT2D eigenvalue weighted by molar-refractivity contribution is 0.0695. The molecule has 0 aliphatic carbocycles. The van der Waals surface area contributed by atoms with E-state index in [4.69, 9.17) is 5.11 Å². The van der Waals surface area contributed by atoms with E-state index in [0.29, 0.717) is 12.1 Å². The van der Waals surface area contributed by atoms with Gasteiger partial charge in [0.2, 0.25) is 0 Å². The standard InChI is InChI=1S/C14H15FN2O2/c1-9(2)7-13-10(14(18)19)8-16-17(13)12-6-4-3-5-11(12)15/h3-6,8-9H,7H2,1-2H3,(H,18,19). The fourth-order valence-electron chi connectivity index (χ4n) is 1.97. The summed E-state index contributed by atoms with van der Waals surface area (Å²) in [6.07, 6.45) is 1.79. The lowest BCUT2D eigenvalue weighted by atomic mass is 10.0. The summed E-state index contributed by atoms with van der Waals surface area (Å²) >= 11 is 0. The van der Waals surface area contributed by atoms with Crippen LogP contribution in [0.1, 0.15) is 29.9 Å². The van der Waals surface area contributed by atoms with E-state index in [-0.39, 0.29) is 17.2 Å². The molecule has 1 aromatic heterocycles. The zero-order valence-electron chi connectivity index (χ0n) is 10.8. The number of aromatic nitrogens is 2. The van der Waals surface area contributed by atoms with Gasteiger partial charge in [0.1, 0.15) is 17.1 Å².